The standard InChI is InChI=1S/C11H12N4O3/c16-10-3-2-9(11(17)18)8-14(10)5-1-6-15-7-4-12-13-15/h2-4,7-8H,1,5-6H2,(H,17,18). The zero-order valence-corrected chi connectivity index (χ0v) is 9.56. The fraction of sp³-hybridized carbons (Fsp3) is 0.273. The van der Waals surface area contributed by atoms with Crippen LogP contribution in [0.3, 0.4) is 0 Å². The minimum atomic E-state index is -1.04. The number of nitrogens with zero attached hydrogens (tertiary/aromatic N) is 4. The van der Waals surface area contributed by atoms with Crippen LogP contribution >= 0.6 is 0 Å². The van der Waals surface area contributed by atoms with Gasteiger partial charge in [-0.05, 0) is 12.5 Å². The number of hydrogen-bond donors (Lipinski definition) is 1. The minimum absolute atomic E-state index is 0.107. The first-order valence-corrected chi connectivity index (χ1v) is 5.45. The van der Waals surface area contributed by atoms with E-state index in [0.717, 1.165) is 0 Å². The normalized spacial score (nSPS) is 10.4. The smallest absolute Gasteiger partial charge is 0.337 e. The summed E-state index contributed by atoms with van der Waals surface area (Å²) in [4.78, 5) is 22.3. The van der Waals surface area contributed by atoms with E-state index in [4.69, 9.17) is 5.11 Å². The summed E-state index contributed by atoms with van der Waals surface area (Å²) in [7, 11) is 0. The van der Waals surface area contributed by atoms with E-state index in [2.05, 4.69) is 10.3 Å². The van der Waals surface area contributed by atoms with Gasteiger partial charge in [0.05, 0.1) is 11.8 Å². The van der Waals surface area contributed by atoms with Gasteiger partial charge in [-0.1, -0.05) is 5.21 Å². The van der Waals surface area contributed by atoms with Crippen LogP contribution in [0.5, 0.6) is 0 Å². The quantitative estimate of drug-likeness (QED) is 0.817. The summed E-state index contributed by atoms with van der Waals surface area (Å²) in [6.07, 6.45) is 5.34. The predicted molar refractivity (Wildman–Crippen MR) is 62.3 cm³/mol. The van der Waals surface area contributed by atoms with E-state index in [9.17, 15) is 9.59 Å². The van der Waals surface area contributed by atoms with Gasteiger partial charge < -0.3 is 9.67 Å². The van der Waals surface area contributed by atoms with Crippen LogP contribution in [0.25, 0.3) is 0 Å². The van der Waals surface area contributed by atoms with Crippen molar-refractivity contribution in [1.29, 1.82) is 0 Å². The van der Waals surface area contributed by atoms with Crippen LogP contribution in [-0.4, -0.2) is 30.6 Å². The molecule has 0 aromatic carbocycles. The lowest BCUT2D eigenvalue weighted by atomic mass is 10.3. The van der Waals surface area contributed by atoms with Gasteiger partial charge in [0, 0.05) is 31.5 Å². The first-order valence-electron chi connectivity index (χ1n) is 5.45. The molecule has 1 N–H and O–H groups in total. The molecule has 0 bridgehead atoms. The molecule has 94 valence electrons. The van der Waals surface area contributed by atoms with Gasteiger partial charge in [0.25, 0.3) is 5.56 Å². The van der Waals surface area contributed by atoms with Crippen molar-refractivity contribution in [1.82, 2.24) is 19.6 Å². The largest absolute Gasteiger partial charge is 0.478 e. The van der Waals surface area contributed by atoms with Crippen LogP contribution in [0.1, 0.15) is 16.8 Å². The molecule has 2 aromatic heterocycles. The molecule has 7 heteroatoms. The topological polar surface area (TPSA) is 90.0 Å². The van der Waals surface area contributed by atoms with Gasteiger partial charge >= 0.3 is 5.97 Å². The maximum atomic E-state index is 11.5. The third-order valence-electron chi connectivity index (χ3n) is 2.49. The van der Waals surface area contributed by atoms with E-state index in [1.54, 1.807) is 17.1 Å². The summed E-state index contributed by atoms with van der Waals surface area (Å²) in [5.41, 5.74) is -0.103. The summed E-state index contributed by atoms with van der Waals surface area (Å²) in [5.74, 6) is -1.04. The van der Waals surface area contributed by atoms with Crippen LogP contribution in [0.15, 0.2) is 35.5 Å². The van der Waals surface area contributed by atoms with Gasteiger partial charge in [-0.15, -0.1) is 5.10 Å². The molecule has 2 rings (SSSR count). The fourth-order valence-corrected chi connectivity index (χ4v) is 1.59. The molecular formula is C11H12N4O3. The van der Waals surface area contributed by atoms with E-state index >= 15 is 0 Å². The first-order chi connectivity index (χ1) is 8.66. The molecule has 0 radical (unpaired) electrons. The Morgan fingerprint density at radius 2 is 2.17 bits per heavy atom. The average Bonchev–Trinajstić information content (AvgIpc) is 2.84. The predicted octanol–water partition coefficient (Wildman–Crippen LogP) is 0.228. The number of carbonyl (C=O) groups is 1. The summed E-state index contributed by atoms with van der Waals surface area (Å²) in [6.45, 7) is 1.07. The second kappa shape index (κ2) is 5.26. The second-order valence-electron chi connectivity index (χ2n) is 3.77. The van der Waals surface area contributed by atoms with Gasteiger partial charge in [-0.3, -0.25) is 9.48 Å². The lowest BCUT2D eigenvalue weighted by Gasteiger charge is -2.06. The third-order valence-corrected chi connectivity index (χ3v) is 2.49. The molecule has 2 heterocycles. The van der Waals surface area contributed by atoms with Crippen molar-refractivity contribution in [2.45, 2.75) is 19.5 Å². The molecule has 18 heavy (non-hydrogen) atoms. The number of aromatic nitrogens is 4. The van der Waals surface area contributed by atoms with Crippen molar-refractivity contribution in [3.63, 3.8) is 0 Å². The Labute approximate surface area is 102 Å². The number of carboxylic acid groups (broad SMARTS) is 1. The van der Waals surface area contributed by atoms with Crippen LogP contribution in [0, 0.1) is 0 Å². The number of pyridine rings is 1. The summed E-state index contributed by atoms with van der Waals surface area (Å²) in [5, 5.41) is 16.3. The summed E-state index contributed by atoms with van der Waals surface area (Å²) < 4.78 is 3.05. The van der Waals surface area contributed by atoms with Gasteiger partial charge in [-0.2, -0.15) is 0 Å². The lowest BCUT2D eigenvalue weighted by molar-refractivity contribution is 0.0695. The minimum Gasteiger partial charge on any atom is -0.478 e. The van der Waals surface area contributed by atoms with E-state index in [-0.39, 0.29) is 11.1 Å². The molecule has 7 nitrogen and oxygen atoms in total. The molecule has 0 unspecified atom stereocenters. The van der Waals surface area contributed by atoms with E-state index in [1.165, 1.54) is 22.9 Å². The third kappa shape index (κ3) is 2.82. The number of hydrogen-bond acceptors (Lipinski definition) is 4. The van der Waals surface area contributed by atoms with Gasteiger partial charge in [0.15, 0.2) is 0 Å². The highest BCUT2D eigenvalue weighted by atomic mass is 16.4. The number of aromatic carboxylic acids is 1. The molecular weight excluding hydrogens is 236 g/mol. The highest BCUT2D eigenvalue weighted by Crippen LogP contribution is 1.97. The van der Waals surface area contributed by atoms with Crippen LogP contribution < -0.4 is 5.56 Å². The molecule has 0 spiro atoms. The Morgan fingerprint density at radius 3 is 2.83 bits per heavy atom. The van der Waals surface area contributed by atoms with Crippen LogP contribution in [0.2, 0.25) is 0 Å². The summed E-state index contributed by atoms with van der Waals surface area (Å²) >= 11 is 0. The maximum Gasteiger partial charge on any atom is 0.337 e. The Hall–Kier alpha value is -2.44. The number of carboxylic acids is 1. The molecule has 0 aliphatic carbocycles. The number of rotatable bonds is 5. The monoisotopic (exact) mass is 248 g/mol. The highest BCUT2D eigenvalue weighted by molar-refractivity contribution is 5.87. The van der Waals surface area contributed by atoms with Crippen molar-refractivity contribution in [3.8, 4) is 0 Å². The molecule has 2 aromatic rings. The first kappa shape index (κ1) is 12.0. The zero-order valence-electron chi connectivity index (χ0n) is 9.56. The molecule has 0 amide bonds. The van der Waals surface area contributed by atoms with Gasteiger partial charge in [0.1, 0.15) is 0 Å². The maximum absolute atomic E-state index is 11.5. The molecule has 0 saturated heterocycles. The van der Waals surface area contributed by atoms with Gasteiger partial charge in [0.2, 0.25) is 0 Å². The van der Waals surface area contributed by atoms with Crippen molar-refractivity contribution >= 4 is 5.97 Å². The van der Waals surface area contributed by atoms with Crippen LogP contribution in [0.4, 0.5) is 0 Å². The van der Waals surface area contributed by atoms with Crippen molar-refractivity contribution in [2.24, 2.45) is 0 Å². The Kier molecular flexibility index (Phi) is 3.52. The van der Waals surface area contributed by atoms with Crippen molar-refractivity contribution in [3.05, 3.63) is 46.6 Å². The van der Waals surface area contributed by atoms with E-state index < -0.39 is 5.97 Å². The molecule has 0 aliphatic rings. The molecule has 0 atom stereocenters. The van der Waals surface area contributed by atoms with Gasteiger partial charge in [-0.25, -0.2) is 4.79 Å². The number of aryl methyl sites for hydroxylation is 2. The van der Waals surface area contributed by atoms with E-state index in [0.29, 0.717) is 19.5 Å². The van der Waals surface area contributed by atoms with Crippen molar-refractivity contribution in [2.75, 3.05) is 0 Å². The lowest BCUT2D eigenvalue weighted by Crippen LogP contribution is -2.21. The van der Waals surface area contributed by atoms with E-state index in [1.807, 2.05) is 0 Å². The highest BCUT2D eigenvalue weighted by Gasteiger charge is 2.05. The van der Waals surface area contributed by atoms with Crippen molar-refractivity contribution < 1.29 is 9.90 Å². The van der Waals surface area contributed by atoms with Crippen LogP contribution in [-0.2, 0) is 13.1 Å². The zero-order chi connectivity index (χ0) is 13.0. The SMILES string of the molecule is O=C(O)c1ccc(=O)n(CCCn2ccnn2)c1. The molecule has 0 fully saturated rings. The fourth-order valence-electron chi connectivity index (χ4n) is 1.59. The Balaban J connectivity index is 2.02. The molecule has 0 aliphatic heterocycles. The Morgan fingerprint density at radius 1 is 1.33 bits per heavy atom. The second-order valence-corrected chi connectivity index (χ2v) is 3.77. The summed E-state index contributed by atoms with van der Waals surface area (Å²) in [6, 6.07) is 2.57. The molecule has 0 saturated carbocycles. The average molecular weight is 248 g/mol. The Bertz CT molecular complexity index is 589.